The highest BCUT2D eigenvalue weighted by molar-refractivity contribution is 5.53. The molecule has 1 saturated heterocycles. The number of aliphatic hydroxyl groups is 1. The van der Waals surface area contributed by atoms with E-state index < -0.39 is 10.5 Å². The summed E-state index contributed by atoms with van der Waals surface area (Å²) in [6, 6.07) is 6.40. The normalized spacial score (nSPS) is 18.0. The maximum atomic E-state index is 10.5. The molecule has 0 radical (unpaired) electrons. The quantitative estimate of drug-likeness (QED) is 0.622. The van der Waals surface area contributed by atoms with E-state index in [9.17, 15) is 15.2 Å². The van der Waals surface area contributed by atoms with Gasteiger partial charge in [-0.05, 0) is 18.6 Å². The van der Waals surface area contributed by atoms with Crippen LogP contribution in [0.5, 0.6) is 0 Å². The summed E-state index contributed by atoms with van der Waals surface area (Å²) in [4.78, 5) is 12.1. The lowest BCUT2D eigenvalue weighted by Gasteiger charge is -2.47. The van der Waals surface area contributed by atoms with Crippen molar-refractivity contribution < 1.29 is 10.0 Å². The van der Waals surface area contributed by atoms with E-state index in [1.54, 1.807) is 12.1 Å². The van der Waals surface area contributed by atoms with Gasteiger partial charge in [0.15, 0.2) is 0 Å². The Hall–Kier alpha value is -1.62. The molecule has 5 nitrogen and oxygen atoms in total. The van der Waals surface area contributed by atoms with Crippen LogP contribution in [0.25, 0.3) is 0 Å². The van der Waals surface area contributed by atoms with E-state index >= 15 is 0 Å². The first-order chi connectivity index (χ1) is 7.54. The fourth-order valence-electron chi connectivity index (χ4n) is 1.86. The summed E-state index contributed by atoms with van der Waals surface area (Å²) >= 11 is 0. The van der Waals surface area contributed by atoms with E-state index in [0.717, 1.165) is 12.1 Å². The van der Waals surface area contributed by atoms with Gasteiger partial charge < -0.3 is 10.0 Å². The Balaban J connectivity index is 2.05. The van der Waals surface area contributed by atoms with Crippen LogP contribution in [0.15, 0.2) is 24.3 Å². The van der Waals surface area contributed by atoms with Gasteiger partial charge in [0.25, 0.3) is 5.69 Å². The van der Waals surface area contributed by atoms with Crippen LogP contribution in [0.1, 0.15) is 13.3 Å². The van der Waals surface area contributed by atoms with Crippen LogP contribution in [0, 0.1) is 10.1 Å². The van der Waals surface area contributed by atoms with Gasteiger partial charge in [0.1, 0.15) is 0 Å². The average molecular weight is 222 g/mol. The first kappa shape index (κ1) is 10.9. The second-order valence-electron chi connectivity index (χ2n) is 4.21. The summed E-state index contributed by atoms with van der Waals surface area (Å²) in [5, 5.41) is 20.3. The topological polar surface area (TPSA) is 66.6 Å². The van der Waals surface area contributed by atoms with Crippen molar-refractivity contribution in [3.8, 4) is 0 Å². The largest absolute Gasteiger partial charge is 0.386 e. The molecule has 1 aromatic carbocycles. The lowest BCUT2D eigenvalue weighted by molar-refractivity contribution is -0.384. The van der Waals surface area contributed by atoms with E-state index in [4.69, 9.17) is 0 Å². The van der Waals surface area contributed by atoms with Gasteiger partial charge >= 0.3 is 0 Å². The zero-order chi connectivity index (χ0) is 11.8. The smallest absolute Gasteiger partial charge is 0.269 e. The zero-order valence-electron chi connectivity index (χ0n) is 9.09. The monoisotopic (exact) mass is 222 g/mol. The van der Waals surface area contributed by atoms with Crippen molar-refractivity contribution in [1.82, 2.24) is 0 Å². The molecule has 5 heteroatoms. The van der Waals surface area contributed by atoms with Gasteiger partial charge in [-0.3, -0.25) is 10.1 Å². The molecule has 1 aliphatic rings. The maximum Gasteiger partial charge on any atom is 0.269 e. The Morgan fingerprint density at radius 2 is 2.00 bits per heavy atom. The molecule has 1 N–H and O–H groups in total. The first-order valence-electron chi connectivity index (χ1n) is 5.26. The van der Waals surface area contributed by atoms with Crippen LogP contribution < -0.4 is 4.90 Å². The fraction of sp³-hybridized carbons (Fsp3) is 0.455. The van der Waals surface area contributed by atoms with Crippen molar-refractivity contribution in [3.05, 3.63) is 34.4 Å². The third-order valence-corrected chi connectivity index (χ3v) is 3.05. The standard InChI is InChI=1S/C11H14N2O3/c1-2-11(14)7-12(8-11)9-3-5-10(6-4-9)13(15)16/h3-6,14H,2,7-8H2,1H3. The Morgan fingerprint density at radius 3 is 2.44 bits per heavy atom. The van der Waals surface area contributed by atoms with Gasteiger partial charge in [-0.25, -0.2) is 0 Å². The number of nitro benzene ring substituents is 1. The molecule has 2 rings (SSSR count). The highest BCUT2D eigenvalue weighted by Crippen LogP contribution is 2.30. The van der Waals surface area contributed by atoms with Crippen LogP contribution in [0.4, 0.5) is 11.4 Å². The van der Waals surface area contributed by atoms with Gasteiger partial charge in [0, 0.05) is 30.9 Å². The van der Waals surface area contributed by atoms with Crippen molar-refractivity contribution >= 4 is 11.4 Å². The molecule has 86 valence electrons. The molecular formula is C11H14N2O3. The summed E-state index contributed by atoms with van der Waals surface area (Å²) in [6.07, 6.45) is 0.733. The Kier molecular flexibility index (Phi) is 2.55. The number of β-amino-alcohol motifs (C(OH)–C–C–N with tert-alkyl or cyclic N) is 1. The number of nitro groups is 1. The minimum atomic E-state index is -0.582. The van der Waals surface area contributed by atoms with Crippen molar-refractivity contribution in [2.45, 2.75) is 18.9 Å². The molecule has 0 bridgehead atoms. The van der Waals surface area contributed by atoms with E-state index in [1.165, 1.54) is 12.1 Å². The van der Waals surface area contributed by atoms with E-state index in [0.29, 0.717) is 13.1 Å². The molecule has 0 atom stereocenters. The fourth-order valence-corrected chi connectivity index (χ4v) is 1.86. The molecule has 0 saturated carbocycles. The summed E-state index contributed by atoms with van der Waals surface area (Å²) in [5.41, 5.74) is 0.431. The molecule has 1 aliphatic heterocycles. The number of non-ortho nitro benzene ring substituents is 1. The number of benzene rings is 1. The van der Waals surface area contributed by atoms with Crippen LogP contribution >= 0.6 is 0 Å². The van der Waals surface area contributed by atoms with Gasteiger partial charge in [-0.1, -0.05) is 6.92 Å². The molecule has 0 unspecified atom stereocenters. The van der Waals surface area contributed by atoms with E-state index in [-0.39, 0.29) is 5.69 Å². The zero-order valence-corrected chi connectivity index (χ0v) is 9.09. The molecule has 1 fully saturated rings. The number of hydrogen-bond acceptors (Lipinski definition) is 4. The minimum Gasteiger partial charge on any atom is -0.386 e. The molecule has 16 heavy (non-hydrogen) atoms. The second kappa shape index (κ2) is 3.75. The van der Waals surface area contributed by atoms with Crippen LogP contribution in [0.2, 0.25) is 0 Å². The van der Waals surface area contributed by atoms with Crippen molar-refractivity contribution in [1.29, 1.82) is 0 Å². The third-order valence-electron chi connectivity index (χ3n) is 3.05. The van der Waals surface area contributed by atoms with E-state index in [2.05, 4.69) is 0 Å². The van der Waals surface area contributed by atoms with Gasteiger partial charge in [0.05, 0.1) is 10.5 Å². The molecule has 0 aromatic heterocycles. The second-order valence-corrected chi connectivity index (χ2v) is 4.21. The molecular weight excluding hydrogens is 208 g/mol. The highest BCUT2D eigenvalue weighted by atomic mass is 16.6. The lowest BCUT2D eigenvalue weighted by Crippen LogP contribution is -2.61. The predicted molar refractivity (Wildman–Crippen MR) is 60.6 cm³/mol. The summed E-state index contributed by atoms with van der Waals surface area (Å²) in [7, 11) is 0. The van der Waals surface area contributed by atoms with E-state index in [1.807, 2.05) is 11.8 Å². The van der Waals surface area contributed by atoms with Gasteiger partial charge in [-0.2, -0.15) is 0 Å². The Labute approximate surface area is 93.5 Å². The molecule has 1 aromatic rings. The first-order valence-corrected chi connectivity index (χ1v) is 5.26. The summed E-state index contributed by atoms with van der Waals surface area (Å²) < 4.78 is 0. The molecule has 1 heterocycles. The SMILES string of the molecule is CCC1(O)CN(c2ccc([N+](=O)[O-])cc2)C1. The number of rotatable bonds is 3. The third kappa shape index (κ3) is 1.86. The lowest BCUT2D eigenvalue weighted by atomic mass is 9.91. The Bertz CT molecular complexity index is 396. The number of nitrogens with zero attached hydrogens (tertiary/aromatic N) is 2. The number of anilines is 1. The Morgan fingerprint density at radius 1 is 1.44 bits per heavy atom. The number of hydrogen-bond donors (Lipinski definition) is 1. The summed E-state index contributed by atoms with van der Waals surface area (Å²) in [6.45, 7) is 3.15. The van der Waals surface area contributed by atoms with Crippen molar-refractivity contribution in [2.75, 3.05) is 18.0 Å². The van der Waals surface area contributed by atoms with Crippen molar-refractivity contribution in [3.63, 3.8) is 0 Å². The molecule has 0 spiro atoms. The van der Waals surface area contributed by atoms with Crippen LogP contribution in [0.3, 0.4) is 0 Å². The molecule has 0 amide bonds. The van der Waals surface area contributed by atoms with Crippen molar-refractivity contribution in [2.24, 2.45) is 0 Å². The van der Waals surface area contributed by atoms with Gasteiger partial charge in [0.2, 0.25) is 0 Å². The maximum absolute atomic E-state index is 10.5. The minimum absolute atomic E-state index is 0.0926. The van der Waals surface area contributed by atoms with Gasteiger partial charge in [-0.15, -0.1) is 0 Å². The van der Waals surface area contributed by atoms with Crippen LogP contribution in [-0.2, 0) is 0 Å². The molecule has 0 aliphatic carbocycles. The highest BCUT2D eigenvalue weighted by Gasteiger charge is 2.39. The van der Waals surface area contributed by atoms with Crippen LogP contribution in [-0.4, -0.2) is 28.7 Å². The predicted octanol–water partition coefficient (Wildman–Crippen LogP) is 1.56. The summed E-state index contributed by atoms with van der Waals surface area (Å²) in [5.74, 6) is 0. The average Bonchev–Trinajstić information content (AvgIpc) is 2.25.